The van der Waals surface area contributed by atoms with Crippen molar-refractivity contribution in [3.8, 4) is 11.1 Å². The normalized spacial score (nSPS) is 14.9. The molecule has 0 atom stereocenters. The summed E-state index contributed by atoms with van der Waals surface area (Å²) >= 11 is 0. The zero-order valence-corrected chi connectivity index (χ0v) is 21.0. The summed E-state index contributed by atoms with van der Waals surface area (Å²) in [5, 5.41) is 10.0. The van der Waals surface area contributed by atoms with Gasteiger partial charge in [-0.15, -0.1) is 0 Å². The van der Waals surface area contributed by atoms with Gasteiger partial charge in [-0.2, -0.15) is 5.10 Å². The number of fused-ring (bicyclic) bond motifs is 1. The Morgan fingerprint density at radius 1 is 1.03 bits per heavy atom. The second-order valence-corrected chi connectivity index (χ2v) is 9.55. The molecule has 0 unspecified atom stereocenters. The molecule has 1 saturated heterocycles. The van der Waals surface area contributed by atoms with E-state index in [9.17, 15) is 0 Å². The molecule has 1 aromatic carbocycles. The van der Waals surface area contributed by atoms with Gasteiger partial charge in [0, 0.05) is 60.4 Å². The van der Waals surface area contributed by atoms with E-state index in [0.717, 1.165) is 76.4 Å². The molecule has 3 aromatic heterocycles. The van der Waals surface area contributed by atoms with Crippen LogP contribution >= 0.6 is 0 Å². The van der Waals surface area contributed by atoms with Gasteiger partial charge in [0.1, 0.15) is 11.6 Å². The van der Waals surface area contributed by atoms with Gasteiger partial charge in [0.25, 0.3) is 0 Å². The summed E-state index contributed by atoms with van der Waals surface area (Å²) in [7, 11) is 6.30. The topological polar surface area (TPSA) is 62.1 Å². The van der Waals surface area contributed by atoms with Gasteiger partial charge in [0.2, 0.25) is 0 Å². The molecule has 4 heterocycles. The Labute approximate surface area is 207 Å². The smallest absolute Gasteiger partial charge is 0.130 e. The molecule has 7 nitrogen and oxygen atoms in total. The predicted octanol–water partition coefficient (Wildman–Crippen LogP) is 4.95. The Morgan fingerprint density at radius 3 is 2.57 bits per heavy atom. The lowest BCUT2D eigenvalue weighted by atomic mass is 10.0. The number of pyridine rings is 2. The standard InChI is InChI=1S/C28H33N7/c1-19(21-8-11-29-28(16-21)34(4)25-9-12-33(3)13-10-25)32-27-15-24-14-22(6-7-23(24)17-30-27)26-18-31-35(5)20(26)2/h6-8,11,14-18,25H,1,9-10,12-13H2,2-5H3,(H,30,32). The van der Waals surface area contributed by atoms with Crippen LogP contribution in [-0.2, 0) is 7.05 Å². The number of aromatic nitrogens is 4. The van der Waals surface area contributed by atoms with E-state index in [1.54, 1.807) is 0 Å². The summed E-state index contributed by atoms with van der Waals surface area (Å²) in [6.07, 6.45) is 7.98. The van der Waals surface area contributed by atoms with Crippen LogP contribution in [-0.4, -0.2) is 57.9 Å². The predicted molar refractivity (Wildman–Crippen MR) is 144 cm³/mol. The summed E-state index contributed by atoms with van der Waals surface area (Å²) in [5.41, 5.74) is 5.25. The number of likely N-dealkylation sites (tertiary alicyclic amines) is 1. The number of rotatable bonds is 6. The summed E-state index contributed by atoms with van der Waals surface area (Å²) in [6, 6.07) is 13.1. The minimum atomic E-state index is 0.509. The van der Waals surface area contributed by atoms with Crippen LogP contribution in [0.1, 0.15) is 24.1 Å². The molecule has 4 aromatic rings. The molecule has 0 amide bonds. The van der Waals surface area contributed by atoms with Gasteiger partial charge in [-0.1, -0.05) is 18.7 Å². The average molecular weight is 468 g/mol. The molecule has 0 aliphatic carbocycles. The molecule has 7 heteroatoms. The van der Waals surface area contributed by atoms with Crippen molar-refractivity contribution in [3.05, 3.63) is 72.8 Å². The van der Waals surface area contributed by atoms with Crippen molar-refractivity contribution < 1.29 is 0 Å². The Balaban J connectivity index is 1.34. The SMILES string of the molecule is C=C(Nc1cc2cc(-c3cnn(C)c3C)ccc2cn1)c1ccnc(N(C)C2CCN(C)CC2)c1. The number of benzene rings is 1. The quantitative estimate of drug-likeness (QED) is 0.433. The highest BCUT2D eigenvalue weighted by Gasteiger charge is 2.21. The molecule has 0 radical (unpaired) electrons. The van der Waals surface area contributed by atoms with Crippen LogP contribution in [0.25, 0.3) is 27.6 Å². The second-order valence-electron chi connectivity index (χ2n) is 9.55. The minimum Gasteiger partial charge on any atom is -0.357 e. The van der Waals surface area contributed by atoms with E-state index in [2.05, 4.69) is 88.1 Å². The van der Waals surface area contributed by atoms with Crippen LogP contribution in [0, 0.1) is 6.92 Å². The van der Waals surface area contributed by atoms with Gasteiger partial charge < -0.3 is 15.1 Å². The van der Waals surface area contributed by atoms with Crippen LogP contribution in [0.2, 0.25) is 0 Å². The van der Waals surface area contributed by atoms with Crippen molar-refractivity contribution in [2.45, 2.75) is 25.8 Å². The molecule has 0 saturated carbocycles. The molecular formula is C28H33N7. The number of hydrogen-bond acceptors (Lipinski definition) is 6. The van der Waals surface area contributed by atoms with Gasteiger partial charge in [0.15, 0.2) is 0 Å². The first kappa shape index (κ1) is 23.1. The number of hydrogen-bond donors (Lipinski definition) is 1. The summed E-state index contributed by atoms with van der Waals surface area (Å²) in [6.45, 7) is 8.62. The molecule has 1 aliphatic heterocycles. The van der Waals surface area contributed by atoms with Gasteiger partial charge >= 0.3 is 0 Å². The highest BCUT2D eigenvalue weighted by molar-refractivity contribution is 5.90. The van der Waals surface area contributed by atoms with E-state index < -0.39 is 0 Å². The van der Waals surface area contributed by atoms with E-state index in [1.807, 2.05) is 36.4 Å². The first-order valence-electron chi connectivity index (χ1n) is 12.1. The fourth-order valence-electron chi connectivity index (χ4n) is 4.75. The third-order valence-corrected chi connectivity index (χ3v) is 7.24. The van der Waals surface area contributed by atoms with Crippen molar-refractivity contribution in [1.29, 1.82) is 0 Å². The Bertz CT molecular complexity index is 1370. The lowest BCUT2D eigenvalue weighted by Crippen LogP contribution is -2.42. The lowest BCUT2D eigenvalue weighted by molar-refractivity contribution is 0.252. The minimum absolute atomic E-state index is 0.509. The van der Waals surface area contributed by atoms with Crippen molar-refractivity contribution in [2.24, 2.45) is 7.05 Å². The van der Waals surface area contributed by atoms with E-state index in [0.29, 0.717) is 6.04 Å². The first-order valence-corrected chi connectivity index (χ1v) is 12.1. The number of anilines is 2. The van der Waals surface area contributed by atoms with Gasteiger partial charge in [-0.3, -0.25) is 4.68 Å². The Morgan fingerprint density at radius 2 is 1.83 bits per heavy atom. The van der Waals surface area contributed by atoms with Crippen molar-refractivity contribution in [2.75, 3.05) is 37.4 Å². The van der Waals surface area contributed by atoms with Gasteiger partial charge in [0.05, 0.1) is 6.20 Å². The highest BCUT2D eigenvalue weighted by atomic mass is 15.3. The number of piperidine rings is 1. The molecular weight excluding hydrogens is 434 g/mol. The lowest BCUT2D eigenvalue weighted by Gasteiger charge is -2.35. The largest absolute Gasteiger partial charge is 0.357 e. The van der Waals surface area contributed by atoms with Crippen LogP contribution in [0.4, 0.5) is 11.6 Å². The zero-order valence-electron chi connectivity index (χ0n) is 21.0. The maximum Gasteiger partial charge on any atom is 0.130 e. The van der Waals surface area contributed by atoms with Gasteiger partial charge in [-0.25, -0.2) is 9.97 Å². The fraction of sp³-hybridized carbons (Fsp3) is 0.321. The Kier molecular flexibility index (Phi) is 6.26. The number of aryl methyl sites for hydroxylation is 1. The summed E-state index contributed by atoms with van der Waals surface area (Å²) in [5.74, 6) is 1.74. The molecule has 0 spiro atoms. The van der Waals surface area contributed by atoms with E-state index >= 15 is 0 Å². The molecule has 180 valence electrons. The molecule has 5 rings (SSSR count). The van der Waals surface area contributed by atoms with Gasteiger partial charge in [-0.05, 0) is 75.1 Å². The summed E-state index contributed by atoms with van der Waals surface area (Å²) < 4.78 is 1.90. The maximum atomic E-state index is 4.63. The first-order chi connectivity index (χ1) is 16.9. The highest BCUT2D eigenvalue weighted by Crippen LogP contribution is 2.28. The van der Waals surface area contributed by atoms with Crippen molar-refractivity contribution >= 4 is 28.1 Å². The molecule has 1 fully saturated rings. The van der Waals surface area contributed by atoms with E-state index in [-0.39, 0.29) is 0 Å². The second kappa shape index (κ2) is 9.50. The third-order valence-electron chi connectivity index (χ3n) is 7.24. The van der Waals surface area contributed by atoms with Crippen molar-refractivity contribution in [3.63, 3.8) is 0 Å². The molecule has 1 N–H and O–H groups in total. The maximum absolute atomic E-state index is 4.63. The van der Waals surface area contributed by atoms with Crippen LogP contribution in [0.3, 0.4) is 0 Å². The van der Waals surface area contributed by atoms with Crippen LogP contribution in [0.15, 0.2) is 61.6 Å². The average Bonchev–Trinajstić information content (AvgIpc) is 3.21. The fourth-order valence-corrected chi connectivity index (χ4v) is 4.75. The molecule has 35 heavy (non-hydrogen) atoms. The van der Waals surface area contributed by atoms with Crippen LogP contribution in [0.5, 0.6) is 0 Å². The molecule has 1 aliphatic rings. The molecule has 0 bridgehead atoms. The van der Waals surface area contributed by atoms with E-state index in [1.165, 1.54) is 0 Å². The van der Waals surface area contributed by atoms with Crippen molar-refractivity contribution in [1.82, 2.24) is 24.6 Å². The monoisotopic (exact) mass is 467 g/mol. The summed E-state index contributed by atoms with van der Waals surface area (Å²) in [4.78, 5) is 13.9. The number of nitrogens with one attached hydrogen (secondary N) is 1. The Hall–Kier alpha value is -3.71. The van der Waals surface area contributed by atoms with E-state index in [4.69, 9.17) is 0 Å². The zero-order chi connectivity index (χ0) is 24.5. The van der Waals surface area contributed by atoms with Crippen LogP contribution < -0.4 is 10.2 Å². The number of nitrogens with zero attached hydrogens (tertiary/aromatic N) is 6. The third kappa shape index (κ3) is 4.77.